The molecule has 0 heterocycles. The molecule has 0 spiro atoms. The normalized spacial score (nSPS) is 11.5. The maximum atomic E-state index is 12.5. The van der Waals surface area contributed by atoms with Gasteiger partial charge in [-0.2, -0.15) is 0 Å². The highest BCUT2D eigenvalue weighted by atomic mass is 35.5. The fourth-order valence-corrected chi connectivity index (χ4v) is 2.55. The van der Waals surface area contributed by atoms with Crippen LogP contribution in [0, 0.1) is 6.92 Å². The van der Waals surface area contributed by atoms with Crippen LogP contribution in [-0.2, 0) is 9.53 Å². The lowest BCUT2D eigenvalue weighted by Gasteiger charge is -2.17. The molecule has 0 aliphatic heterocycles. The SMILES string of the molecule is CCOC(=O)c1ccc(NC(=O)[C@@H](CC)Oc2ccc(C)cc2)cc1Cl. The van der Waals surface area contributed by atoms with E-state index in [0.29, 0.717) is 17.9 Å². The molecule has 6 heteroatoms. The van der Waals surface area contributed by atoms with Crippen molar-refractivity contribution in [3.05, 3.63) is 58.6 Å². The molecule has 0 aliphatic carbocycles. The van der Waals surface area contributed by atoms with E-state index in [-0.39, 0.29) is 23.1 Å². The van der Waals surface area contributed by atoms with Gasteiger partial charge in [-0.05, 0) is 50.6 Å². The van der Waals surface area contributed by atoms with Crippen LogP contribution in [0.4, 0.5) is 5.69 Å². The summed E-state index contributed by atoms with van der Waals surface area (Å²) >= 11 is 6.12. The Kier molecular flexibility index (Phi) is 7.04. The Hall–Kier alpha value is -2.53. The van der Waals surface area contributed by atoms with Crippen molar-refractivity contribution in [2.45, 2.75) is 33.3 Å². The first-order chi connectivity index (χ1) is 12.4. The molecule has 5 nitrogen and oxygen atoms in total. The number of rotatable bonds is 7. The maximum Gasteiger partial charge on any atom is 0.339 e. The standard InChI is InChI=1S/C20H22ClNO4/c1-4-18(26-15-9-6-13(3)7-10-15)19(23)22-14-8-11-16(17(21)12-14)20(24)25-5-2/h6-12,18H,4-5H2,1-3H3,(H,22,23)/t18-/m1/s1. The molecule has 2 aromatic carbocycles. The highest BCUT2D eigenvalue weighted by Gasteiger charge is 2.19. The molecule has 1 atom stereocenters. The Morgan fingerprint density at radius 1 is 1.12 bits per heavy atom. The molecule has 0 bridgehead atoms. The van der Waals surface area contributed by atoms with Gasteiger partial charge in [-0.25, -0.2) is 4.79 Å². The molecule has 26 heavy (non-hydrogen) atoms. The zero-order valence-corrected chi connectivity index (χ0v) is 15.8. The largest absolute Gasteiger partial charge is 0.481 e. The zero-order chi connectivity index (χ0) is 19.1. The molecular weight excluding hydrogens is 354 g/mol. The molecule has 138 valence electrons. The van der Waals surface area contributed by atoms with Gasteiger partial charge in [0.1, 0.15) is 5.75 Å². The molecule has 0 aliphatic rings. The summed E-state index contributed by atoms with van der Waals surface area (Å²) in [6, 6.07) is 12.2. The molecule has 0 fully saturated rings. The monoisotopic (exact) mass is 375 g/mol. The highest BCUT2D eigenvalue weighted by Crippen LogP contribution is 2.23. The van der Waals surface area contributed by atoms with Gasteiger partial charge in [0.05, 0.1) is 17.2 Å². The third kappa shape index (κ3) is 5.23. The molecule has 1 amide bonds. The van der Waals surface area contributed by atoms with Gasteiger partial charge in [-0.15, -0.1) is 0 Å². The van der Waals surface area contributed by atoms with Crippen molar-refractivity contribution in [3.8, 4) is 5.75 Å². The van der Waals surface area contributed by atoms with Gasteiger partial charge >= 0.3 is 5.97 Å². The minimum absolute atomic E-state index is 0.216. The van der Waals surface area contributed by atoms with Crippen molar-refractivity contribution < 1.29 is 19.1 Å². The van der Waals surface area contributed by atoms with E-state index in [1.54, 1.807) is 13.0 Å². The van der Waals surface area contributed by atoms with Crippen molar-refractivity contribution in [2.24, 2.45) is 0 Å². The average Bonchev–Trinajstić information content (AvgIpc) is 2.61. The Balaban J connectivity index is 2.06. The number of carbonyl (C=O) groups excluding carboxylic acids is 2. The van der Waals surface area contributed by atoms with Crippen LogP contribution in [0.1, 0.15) is 36.2 Å². The number of hydrogen-bond donors (Lipinski definition) is 1. The van der Waals surface area contributed by atoms with Crippen LogP contribution in [-0.4, -0.2) is 24.6 Å². The zero-order valence-electron chi connectivity index (χ0n) is 15.0. The van der Waals surface area contributed by atoms with Crippen molar-refractivity contribution in [3.63, 3.8) is 0 Å². The number of halogens is 1. The quantitative estimate of drug-likeness (QED) is 0.717. The Morgan fingerprint density at radius 3 is 2.38 bits per heavy atom. The number of ether oxygens (including phenoxy) is 2. The number of hydrogen-bond acceptors (Lipinski definition) is 4. The molecule has 0 radical (unpaired) electrons. The van der Waals surface area contributed by atoms with Gasteiger partial charge in [0.2, 0.25) is 0 Å². The van der Waals surface area contributed by atoms with Crippen molar-refractivity contribution in [1.29, 1.82) is 0 Å². The predicted octanol–water partition coefficient (Wildman–Crippen LogP) is 4.62. The third-order valence-corrected chi connectivity index (χ3v) is 4.01. The minimum Gasteiger partial charge on any atom is -0.481 e. The fraction of sp³-hybridized carbons (Fsp3) is 0.300. The van der Waals surface area contributed by atoms with E-state index in [9.17, 15) is 9.59 Å². The Labute approximate surface area is 158 Å². The highest BCUT2D eigenvalue weighted by molar-refractivity contribution is 6.34. The minimum atomic E-state index is -0.638. The summed E-state index contributed by atoms with van der Waals surface area (Å²) in [5.74, 6) is -0.147. The van der Waals surface area contributed by atoms with Gasteiger partial charge in [0.15, 0.2) is 6.10 Å². The second-order valence-corrected chi connectivity index (χ2v) is 6.14. The van der Waals surface area contributed by atoms with E-state index in [4.69, 9.17) is 21.1 Å². The number of nitrogens with one attached hydrogen (secondary N) is 1. The second-order valence-electron chi connectivity index (χ2n) is 5.73. The smallest absolute Gasteiger partial charge is 0.339 e. The van der Waals surface area contributed by atoms with Crippen molar-refractivity contribution in [1.82, 2.24) is 0 Å². The lowest BCUT2D eigenvalue weighted by molar-refractivity contribution is -0.122. The predicted molar refractivity (Wildman–Crippen MR) is 102 cm³/mol. The Bertz CT molecular complexity index is 774. The number of amides is 1. The molecular formula is C20H22ClNO4. The van der Waals surface area contributed by atoms with E-state index in [0.717, 1.165) is 5.56 Å². The number of benzene rings is 2. The van der Waals surface area contributed by atoms with Crippen LogP contribution in [0.25, 0.3) is 0 Å². The Morgan fingerprint density at radius 2 is 1.81 bits per heavy atom. The molecule has 2 aromatic rings. The molecule has 0 saturated carbocycles. The molecule has 0 aromatic heterocycles. The maximum absolute atomic E-state index is 12.5. The first-order valence-corrected chi connectivity index (χ1v) is 8.83. The van der Waals surface area contributed by atoms with E-state index in [2.05, 4.69) is 5.32 Å². The van der Waals surface area contributed by atoms with Crippen molar-refractivity contribution in [2.75, 3.05) is 11.9 Å². The van der Waals surface area contributed by atoms with Crippen LogP contribution in [0.3, 0.4) is 0 Å². The van der Waals surface area contributed by atoms with E-state index in [1.165, 1.54) is 12.1 Å². The molecule has 0 unspecified atom stereocenters. The summed E-state index contributed by atoms with van der Waals surface area (Å²) in [4.78, 5) is 24.2. The topological polar surface area (TPSA) is 64.6 Å². The number of anilines is 1. The summed E-state index contributed by atoms with van der Waals surface area (Å²) in [5.41, 5.74) is 1.86. The second kappa shape index (κ2) is 9.25. The molecule has 1 N–H and O–H groups in total. The van der Waals surface area contributed by atoms with Crippen molar-refractivity contribution >= 4 is 29.2 Å². The van der Waals surface area contributed by atoms with Crippen LogP contribution in [0.5, 0.6) is 5.75 Å². The fourth-order valence-electron chi connectivity index (χ4n) is 2.29. The number of esters is 1. The first-order valence-electron chi connectivity index (χ1n) is 8.45. The summed E-state index contributed by atoms with van der Waals surface area (Å²) in [7, 11) is 0. The number of carbonyl (C=O) groups is 2. The third-order valence-electron chi connectivity index (χ3n) is 3.69. The van der Waals surface area contributed by atoms with Gasteiger partial charge in [0, 0.05) is 5.69 Å². The van der Waals surface area contributed by atoms with E-state index in [1.807, 2.05) is 38.1 Å². The van der Waals surface area contributed by atoms with E-state index >= 15 is 0 Å². The average molecular weight is 376 g/mol. The van der Waals surface area contributed by atoms with Crippen LogP contribution in [0.15, 0.2) is 42.5 Å². The summed E-state index contributed by atoms with van der Waals surface area (Å²) in [6.07, 6.45) is -0.129. The van der Waals surface area contributed by atoms with Crippen LogP contribution < -0.4 is 10.1 Å². The molecule has 2 rings (SSSR count). The van der Waals surface area contributed by atoms with Crippen LogP contribution in [0.2, 0.25) is 5.02 Å². The van der Waals surface area contributed by atoms with E-state index < -0.39 is 12.1 Å². The lowest BCUT2D eigenvalue weighted by atomic mass is 10.2. The summed E-state index contributed by atoms with van der Waals surface area (Å²) < 4.78 is 10.7. The first kappa shape index (κ1) is 19.8. The summed E-state index contributed by atoms with van der Waals surface area (Å²) in [5, 5.41) is 2.98. The van der Waals surface area contributed by atoms with Gasteiger partial charge < -0.3 is 14.8 Å². The van der Waals surface area contributed by atoms with Crippen LogP contribution >= 0.6 is 11.6 Å². The summed E-state index contributed by atoms with van der Waals surface area (Å²) in [6.45, 7) is 5.84. The van der Waals surface area contributed by atoms with Gasteiger partial charge in [0.25, 0.3) is 5.91 Å². The van der Waals surface area contributed by atoms with Gasteiger partial charge in [-0.3, -0.25) is 4.79 Å². The molecule has 0 saturated heterocycles. The number of aryl methyl sites for hydroxylation is 1. The van der Waals surface area contributed by atoms with Gasteiger partial charge in [-0.1, -0.05) is 36.2 Å². The lowest BCUT2D eigenvalue weighted by Crippen LogP contribution is -2.32.